The van der Waals surface area contributed by atoms with Gasteiger partial charge >= 0.3 is 12.1 Å². The van der Waals surface area contributed by atoms with E-state index in [9.17, 15) is 28.1 Å². The van der Waals surface area contributed by atoms with Gasteiger partial charge in [-0.25, -0.2) is 4.79 Å². The molecule has 0 bridgehead atoms. The van der Waals surface area contributed by atoms with Gasteiger partial charge in [0.05, 0.1) is 11.5 Å². The Morgan fingerprint density at radius 2 is 1.91 bits per heavy atom. The lowest BCUT2D eigenvalue weighted by Crippen LogP contribution is -2.19. The van der Waals surface area contributed by atoms with Crippen molar-refractivity contribution in [1.29, 1.82) is 5.26 Å². The number of benzene rings is 1. The summed E-state index contributed by atoms with van der Waals surface area (Å²) >= 11 is 0. The van der Waals surface area contributed by atoms with E-state index in [1.54, 1.807) is 0 Å². The molecule has 0 saturated carbocycles. The lowest BCUT2D eigenvalue weighted by Gasteiger charge is -2.08. The second kappa shape index (κ2) is 7.26. The van der Waals surface area contributed by atoms with Crippen LogP contribution < -0.4 is 0 Å². The predicted molar refractivity (Wildman–Crippen MR) is 69.1 cm³/mol. The number of nitrogens with zero attached hydrogens (tertiary/aromatic N) is 2. The lowest BCUT2D eigenvalue weighted by molar-refractivity contribution is -0.384. The fourth-order valence-electron chi connectivity index (χ4n) is 1.46. The normalized spacial score (nSPS) is 12.1. The number of esters is 1. The minimum absolute atomic E-state index is 0.0647. The summed E-state index contributed by atoms with van der Waals surface area (Å²) in [6.45, 7) is -0.368. The number of carbonyl (C=O) groups is 1. The summed E-state index contributed by atoms with van der Waals surface area (Å²) in [6, 6.07) is 6.15. The van der Waals surface area contributed by atoms with Crippen LogP contribution in [-0.2, 0) is 16.0 Å². The Labute approximate surface area is 127 Å². The smallest absolute Gasteiger partial charge is 0.450 e. The molecule has 0 atom stereocenters. The van der Waals surface area contributed by atoms with Gasteiger partial charge in [-0.2, -0.15) is 18.4 Å². The Hall–Kier alpha value is -3.09. The lowest BCUT2D eigenvalue weighted by atomic mass is 10.1. The second-order valence-corrected chi connectivity index (χ2v) is 4.14. The van der Waals surface area contributed by atoms with E-state index >= 15 is 0 Å². The standard InChI is InChI=1S/C13H9F3N2O5/c14-13(15,16)11(19)10(7-17)12(20)23-6-5-8-1-3-9(4-2-8)18(21)22/h1-4,19H,5-6H2/b11-10-. The zero-order valence-electron chi connectivity index (χ0n) is 11.3. The predicted octanol–water partition coefficient (Wildman–Crippen LogP) is 2.58. The fourth-order valence-corrected chi connectivity index (χ4v) is 1.46. The highest BCUT2D eigenvalue weighted by Crippen LogP contribution is 2.26. The van der Waals surface area contributed by atoms with Crippen LogP contribution in [0.25, 0.3) is 0 Å². The molecule has 0 aliphatic carbocycles. The first-order valence-electron chi connectivity index (χ1n) is 5.97. The van der Waals surface area contributed by atoms with Crippen molar-refractivity contribution in [2.45, 2.75) is 12.6 Å². The highest BCUT2D eigenvalue weighted by atomic mass is 19.4. The van der Waals surface area contributed by atoms with Gasteiger partial charge in [-0.1, -0.05) is 12.1 Å². The third-order valence-electron chi connectivity index (χ3n) is 2.59. The van der Waals surface area contributed by atoms with Crippen LogP contribution in [0.3, 0.4) is 0 Å². The zero-order valence-corrected chi connectivity index (χ0v) is 11.3. The van der Waals surface area contributed by atoms with Crippen molar-refractivity contribution in [3.05, 3.63) is 51.3 Å². The van der Waals surface area contributed by atoms with Crippen LogP contribution in [0.15, 0.2) is 35.6 Å². The van der Waals surface area contributed by atoms with Crippen LogP contribution in [0.5, 0.6) is 0 Å². The average Bonchev–Trinajstić information content (AvgIpc) is 2.47. The van der Waals surface area contributed by atoms with Gasteiger partial charge in [-0.05, 0) is 5.56 Å². The number of alkyl halides is 3. The minimum Gasteiger partial charge on any atom is -0.503 e. The third-order valence-corrected chi connectivity index (χ3v) is 2.59. The van der Waals surface area contributed by atoms with Gasteiger partial charge in [0.1, 0.15) is 6.07 Å². The van der Waals surface area contributed by atoms with Crippen LogP contribution in [0.1, 0.15) is 5.56 Å². The molecule has 0 heterocycles. The first-order chi connectivity index (χ1) is 10.7. The van der Waals surface area contributed by atoms with Crippen molar-refractivity contribution in [2.75, 3.05) is 6.61 Å². The number of nitriles is 1. The summed E-state index contributed by atoms with van der Waals surface area (Å²) in [7, 11) is 0. The van der Waals surface area contributed by atoms with Gasteiger partial charge in [0.15, 0.2) is 5.57 Å². The molecule has 1 rings (SSSR count). The van der Waals surface area contributed by atoms with Crippen LogP contribution in [-0.4, -0.2) is 28.8 Å². The van der Waals surface area contributed by atoms with E-state index in [1.807, 2.05) is 0 Å². The van der Waals surface area contributed by atoms with Crippen molar-refractivity contribution >= 4 is 11.7 Å². The number of rotatable bonds is 5. The molecule has 0 spiro atoms. The maximum atomic E-state index is 12.2. The van der Waals surface area contributed by atoms with Gasteiger partial charge < -0.3 is 9.84 Å². The summed E-state index contributed by atoms with van der Waals surface area (Å²) in [5.74, 6) is -3.93. The molecule has 1 aromatic carbocycles. The van der Waals surface area contributed by atoms with Crippen LogP contribution in [0, 0.1) is 21.4 Å². The highest BCUT2D eigenvalue weighted by molar-refractivity contribution is 5.93. The van der Waals surface area contributed by atoms with Crippen LogP contribution in [0.4, 0.5) is 18.9 Å². The molecule has 23 heavy (non-hydrogen) atoms. The van der Waals surface area contributed by atoms with E-state index in [0.717, 1.165) is 6.07 Å². The Morgan fingerprint density at radius 3 is 2.35 bits per heavy atom. The van der Waals surface area contributed by atoms with Gasteiger partial charge in [-0.15, -0.1) is 0 Å². The number of aliphatic hydroxyl groups excluding tert-OH is 1. The number of non-ortho nitro benzene ring substituents is 1. The van der Waals surface area contributed by atoms with Gasteiger partial charge in [-0.3, -0.25) is 10.1 Å². The largest absolute Gasteiger partial charge is 0.503 e. The van der Waals surface area contributed by atoms with E-state index < -0.39 is 28.4 Å². The summed E-state index contributed by atoms with van der Waals surface area (Å²) in [5.41, 5.74) is -1.15. The Balaban J connectivity index is 2.66. The summed E-state index contributed by atoms with van der Waals surface area (Å²) in [6.07, 6.45) is -5.17. The Kier molecular flexibility index (Phi) is 5.67. The molecular weight excluding hydrogens is 321 g/mol. The van der Waals surface area contributed by atoms with Crippen molar-refractivity contribution in [1.82, 2.24) is 0 Å². The molecule has 1 N–H and O–H groups in total. The number of allylic oxidation sites excluding steroid dienone is 1. The molecule has 122 valence electrons. The Bertz CT molecular complexity index is 674. The molecule has 0 unspecified atom stereocenters. The number of carbonyl (C=O) groups excluding carboxylic acids is 1. The van der Waals surface area contributed by atoms with E-state index in [-0.39, 0.29) is 18.7 Å². The molecule has 0 aliphatic heterocycles. The maximum Gasteiger partial charge on any atom is 0.450 e. The molecule has 0 aliphatic rings. The number of aliphatic hydroxyl groups is 1. The average molecular weight is 330 g/mol. The highest BCUT2D eigenvalue weighted by Gasteiger charge is 2.39. The number of halogens is 3. The van der Waals surface area contributed by atoms with Crippen LogP contribution in [0.2, 0.25) is 0 Å². The quantitative estimate of drug-likeness (QED) is 0.222. The van der Waals surface area contributed by atoms with Crippen LogP contribution >= 0.6 is 0 Å². The summed E-state index contributed by atoms with van der Waals surface area (Å²) in [5, 5.41) is 27.7. The van der Waals surface area contributed by atoms with E-state index in [0.29, 0.717) is 5.56 Å². The van der Waals surface area contributed by atoms with Crippen molar-refractivity contribution in [3.8, 4) is 6.07 Å². The molecule has 0 aromatic heterocycles. The van der Waals surface area contributed by atoms with Gasteiger partial charge in [0.25, 0.3) is 5.69 Å². The van der Waals surface area contributed by atoms with Crippen molar-refractivity contribution in [2.24, 2.45) is 0 Å². The molecule has 10 heteroatoms. The van der Waals surface area contributed by atoms with Crippen molar-refractivity contribution in [3.63, 3.8) is 0 Å². The van der Waals surface area contributed by atoms with E-state index in [2.05, 4.69) is 4.74 Å². The topological polar surface area (TPSA) is 113 Å². The molecule has 0 fully saturated rings. The summed E-state index contributed by atoms with van der Waals surface area (Å²) < 4.78 is 41.1. The monoisotopic (exact) mass is 330 g/mol. The number of hydrogen-bond donors (Lipinski definition) is 1. The zero-order chi connectivity index (χ0) is 17.6. The molecule has 0 radical (unpaired) electrons. The van der Waals surface area contributed by atoms with E-state index in [4.69, 9.17) is 10.4 Å². The molecule has 0 amide bonds. The summed E-state index contributed by atoms with van der Waals surface area (Å²) in [4.78, 5) is 21.2. The minimum atomic E-state index is -5.23. The first kappa shape index (κ1) is 18.0. The molecule has 0 saturated heterocycles. The number of ether oxygens (including phenoxy) is 1. The van der Waals surface area contributed by atoms with Gasteiger partial charge in [0, 0.05) is 18.6 Å². The SMILES string of the molecule is N#C/C(C(=O)OCCc1ccc([N+](=O)[O-])cc1)=C(/O)C(F)(F)F. The number of hydrogen-bond acceptors (Lipinski definition) is 6. The Morgan fingerprint density at radius 1 is 1.35 bits per heavy atom. The second-order valence-electron chi connectivity index (χ2n) is 4.14. The van der Waals surface area contributed by atoms with E-state index in [1.165, 1.54) is 24.3 Å². The number of nitro groups is 1. The molecule has 7 nitrogen and oxygen atoms in total. The van der Waals surface area contributed by atoms with Crippen molar-refractivity contribution < 1.29 is 32.7 Å². The van der Waals surface area contributed by atoms with Gasteiger partial charge in [0.2, 0.25) is 5.76 Å². The fraction of sp³-hybridized carbons (Fsp3) is 0.231. The first-order valence-corrected chi connectivity index (χ1v) is 5.97. The maximum absolute atomic E-state index is 12.2. The number of nitro benzene ring substituents is 1. The molecular formula is C13H9F3N2O5. The third kappa shape index (κ3) is 4.99. The molecule has 1 aromatic rings.